The Morgan fingerprint density at radius 1 is 1.07 bits per heavy atom. The Balaban J connectivity index is 1.81. The van der Waals surface area contributed by atoms with E-state index >= 15 is 0 Å². The van der Waals surface area contributed by atoms with Gasteiger partial charge in [0.25, 0.3) is 5.91 Å². The van der Waals surface area contributed by atoms with E-state index in [0.29, 0.717) is 36.9 Å². The maximum absolute atomic E-state index is 13.2. The molecule has 28 heavy (non-hydrogen) atoms. The Morgan fingerprint density at radius 3 is 2.39 bits per heavy atom. The molecule has 0 saturated carbocycles. The van der Waals surface area contributed by atoms with Gasteiger partial charge in [-0.3, -0.25) is 4.79 Å². The van der Waals surface area contributed by atoms with Gasteiger partial charge in [0, 0.05) is 19.5 Å². The van der Waals surface area contributed by atoms with Crippen LogP contribution in [0.1, 0.15) is 40.2 Å². The smallest absolute Gasteiger partial charge is 0.291 e. The fourth-order valence-electron chi connectivity index (χ4n) is 3.06. The highest BCUT2D eigenvalue weighted by atomic mass is 16.5. The first-order valence-corrected chi connectivity index (χ1v) is 9.53. The number of ether oxygens (including phenoxy) is 1. The number of hydrogen-bond donors (Lipinski definition) is 0. The normalized spacial score (nSPS) is 10.7. The van der Waals surface area contributed by atoms with Crippen LogP contribution in [0.4, 0.5) is 0 Å². The van der Waals surface area contributed by atoms with E-state index in [1.165, 1.54) is 5.56 Å². The molecule has 3 rings (SSSR count). The van der Waals surface area contributed by atoms with Crippen molar-refractivity contribution in [2.45, 2.75) is 33.2 Å². The maximum atomic E-state index is 13.2. The van der Waals surface area contributed by atoms with Gasteiger partial charge in [-0.2, -0.15) is 0 Å². The third kappa shape index (κ3) is 4.80. The minimum Gasteiger partial charge on any atom is -0.497 e. The molecule has 0 unspecified atom stereocenters. The van der Waals surface area contributed by atoms with Gasteiger partial charge in [-0.25, -0.2) is 4.98 Å². The number of hydrogen-bond acceptors (Lipinski definition) is 4. The van der Waals surface area contributed by atoms with Crippen molar-refractivity contribution in [3.05, 3.63) is 83.1 Å². The van der Waals surface area contributed by atoms with E-state index in [2.05, 4.69) is 17.1 Å². The standard InChI is InChI=1S/C23H26N2O3/c1-4-21-24-17(2)22(28-21)23(26)25(15-14-18-8-6-5-7-9-18)16-19-10-12-20(27-3)13-11-19/h5-13H,4,14-16H2,1-3H3. The summed E-state index contributed by atoms with van der Waals surface area (Å²) in [4.78, 5) is 19.4. The number of carbonyl (C=O) groups excluding carboxylic acids is 1. The summed E-state index contributed by atoms with van der Waals surface area (Å²) in [6.45, 7) is 4.87. The minimum atomic E-state index is -0.128. The topological polar surface area (TPSA) is 55.6 Å². The second-order valence-corrected chi connectivity index (χ2v) is 6.69. The third-order valence-corrected chi connectivity index (χ3v) is 4.67. The minimum absolute atomic E-state index is 0.128. The molecular weight excluding hydrogens is 352 g/mol. The molecule has 0 N–H and O–H groups in total. The van der Waals surface area contributed by atoms with Gasteiger partial charge < -0.3 is 14.1 Å². The van der Waals surface area contributed by atoms with Crippen molar-refractivity contribution < 1.29 is 13.9 Å². The van der Waals surface area contributed by atoms with Crippen molar-refractivity contribution in [3.8, 4) is 5.75 Å². The van der Waals surface area contributed by atoms with E-state index in [1.54, 1.807) is 7.11 Å². The largest absolute Gasteiger partial charge is 0.497 e. The number of rotatable bonds is 8. The van der Waals surface area contributed by atoms with Gasteiger partial charge in [-0.15, -0.1) is 0 Å². The van der Waals surface area contributed by atoms with Crippen LogP contribution in [-0.2, 0) is 19.4 Å². The predicted octanol–water partition coefficient (Wildman–Crippen LogP) is 4.44. The first-order chi connectivity index (χ1) is 13.6. The second kappa shape index (κ2) is 9.22. The average Bonchev–Trinajstić information content (AvgIpc) is 3.12. The van der Waals surface area contributed by atoms with Gasteiger partial charge in [-0.1, -0.05) is 49.4 Å². The van der Waals surface area contributed by atoms with Gasteiger partial charge in [0.2, 0.25) is 5.76 Å². The molecule has 0 aliphatic carbocycles. The molecule has 0 saturated heterocycles. The van der Waals surface area contributed by atoms with Crippen molar-refractivity contribution in [2.75, 3.05) is 13.7 Å². The summed E-state index contributed by atoms with van der Waals surface area (Å²) in [6, 6.07) is 17.9. The molecule has 146 valence electrons. The molecule has 0 spiro atoms. The number of benzene rings is 2. The maximum Gasteiger partial charge on any atom is 0.291 e. The number of carbonyl (C=O) groups is 1. The quantitative estimate of drug-likeness (QED) is 0.581. The monoisotopic (exact) mass is 378 g/mol. The lowest BCUT2D eigenvalue weighted by molar-refractivity contribution is 0.0710. The highest BCUT2D eigenvalue weighted by molar-refractivity contribution is 5.92. The van der Waals surface area contributed by atoms with E-state index in [-0.39, 0.29) is 5.91 Å². The van der Waals surface area contributed by atoms with Crippen LogP contribution >= 0.6 is 0 Å². The lowest BCUT2D eigenvalue weighted by Gasteiger charge is -2.22. The van der Waals surface area contributed by atoms with Crippen LogP contribution < -0.4 is 4.74 Å². The Kier molecular flexibility index (Phi) is 6.48. The summed E-state index contributed by atoms with van der Waals surface area (Å²) >= 11 is 0. The zero-order chi connectivity index (χ0) is 19.9. The van der Waals surface area contributed by atoms with Crippen LogP contribution in [0.25, 0.3) is 0 Å². The summed E-state index contributed by atoms with van der Waals surface area (Å²) in [7, 11) is 1.64. The van der Waals surface area contributed by atoms with Crippen molar-refractivity contribution in [1.82, 2.24) is 9.88 Å². The SMILES string of the molecule is CCc1nc(C)c(C(=O)N(CCc2ccccc2)Cc2ccc(OC)cc2)o1. The summed E-state index contributed by atoms with van der Waals surface area (Å²) in [5, 5.41) is 0. The fourth-order valence-corrected chi connectivity index (χ4v) is 3.06. The van der Waals surface area contributed by atoms with E-state index in [0.717, 1.165) is 17.7 Å². The van der Waals surface area contributed by atoms with Gasteiger partial charge in [0.05, 0.1) is 12.8 Å². The number of aromatic nitrogens is 1. The second-order valence-electron chi connectivity index (χ2n) is 6.69. The number of methoxy groups -OCH3 is 1. The van der Waals surface area contributed by atoms with Gasteiger partial charge in [0.1, 0.15) is 5.75 Å². The molecule has 2 aromatic carbocycles. The summed E-state index contributed by atoms with van der Waals surface area (Å²) in [5.41, 5.74) is 2.87. The highest BCUT2D eigenvalue weighted by Gasteiger charge is 2.23. The van der Waals surface area contributed by atoms with Crippen molar-refractivity contribution in [3.63, 3.8) is 0 Å². The highest BCUT2D eigenvalue weighted by Crippen LogP contribution is 2.18. The summed E-state index contributed by atoms with van der Waals surface area (Å²) in [6.07, 6.45) is 1.44. The molecule has 1 heterocycles. The first-order valence-electron chi connectivity index (χ1n) is 9.53. The number of oxazole rings is 1. The van der Waals surface area contributed by atoms with Crippen molar-refractivity contribution in [2.24, 2.45) is 0 Å². The molecular formula is C23H26N2O3. The lowest BCUT2D eigenvalue weighted by Crippen LogP contribution is -2.32. The van der Waals surface area contributed by atoms with Crippen LogP contribution in [0.15, 0.2) is 59.0 Å². The summed E-state index contributed by atoms with van der Waals surface area (Å²) < 4.78 is 10.9. The zero-order valence-corrected chi connectivity index (χ0v) is 16.6. The van der Waals surface area contributed by atoms with Gasteiger partial charge in [-0.05, 0) is 36.6 Å². The van der Waals surface area contributed by atoms with Crippen LogP contribution in [0.5, 0.6) is 5.75 Å². The molecule has 1 aromatic heterocycles. The Bertz CT molecular complexity index is 901. The first kappa shape index (κ1) is 19.7. The van der Waals surface area contributed by atoms with Gasteiger partial charge >= 0.3 is 0 Å². The number of nitrogens with zero attached hydrogens (tertiary/aromatic N) is 2. The molecule has 3 aromatic rings. The fraction of sp³-hybridized carbons (Fsp3) is 0.304. The van der Waals surface area contributed by atoms with E-state index in [4.69, 9.17) is 9.15 Å². The number of aryl methyl sites for hydroxylation is 2. The van der Waals surface area contributed by atoms with Crippen LogP contribution in [0, 0.1) is 6.92 Å². The molecule has 5 heteroatoms. The number of amides is 1. The Morgan fingerprint density at radius 2 is 1.79 bits per heavy atom. The molecule has 0 bridgehead atoms. The molecule has 0 aliphatic heterocycles. The predicted molar refractivity (Wildman–Crippen MR) is 108 cm³/mol. The van der Waals surface area contributed by atoms with E-state index < -0.39 is 0 Å². The van der Waals surface area contributed by atoms with Crippen LogP contribution in [0.3, 0.4) is 0 Å². The third-order valence-electron chi connectivity index (χ3n) is 4.67. The Labute approximate surface area is 166 Å². The zero-order valence-electron chi connectivity index (χ0n) is 16.6. The molecule has 0 fully saturated rings. The molecule has 5 nitrogen and oxygen atoms in total. The van der Waals surface area contributed by atoms with Gasteiger partial charge in [0.15, 0.2) is 5.89 Å². The molecule has 0 atom stereocenters. The van der Waals surface area contributed by atoms with E-state index in [1.807, 2.05) is 61.2 Å². The van der Waals surface area contributed by atoms with Crippen molar-refractivity contribution in [1.29, 1.82) is 0 Å². The molecule has 0 radical (unpaired) electrons. The summed E-state index contributed by atoms with van der Waals surface area (Å²) in [5.74, 6) is 1.59. The lowest BCUT2D eigenvalue weighted by atomic mass is 10.1. The molecule has 0 aliphatic rings. The van der Waals surface area contributed by atoms with E-state index in [9.17, 15) is 4.79 Å². The van der Waals surface area contributed by atoms with Crippen LogP contribution in [0.2, 0.25) is 0 Å². The molecule has 1 amide bonds. The Hall–Kier alpha value is -3.08. The van der Waals surface area contributed by atoms with Crippen molar-refractivity contribution >= 4 is 5.91 Å². The van der Waals surface area contributed by atoms with Crippen LogP contribution in [-0.4, -0.2) is 29.4 Å². The average molecular weight is 378 g/mol.